The van der Waals surface area contributed by atoms with Gasteiger partial charge in [0, 0.05) is 19.3 Å². The first kappa shape index (κ1) is 19.4. The lowest BCUT2D eigenvalue weighted by Gasteiger charge is -2.44. The van der Waals surface area contributed by atoms with E-state index in [2.05, 4.69) is 35.2 Å². The maximum Gasteiger partial charge on any atom is 0.312 e. The molecule has 2 saturated heterocycles. The van der Waals surface area contributed by atoms with E-state index in [9.17, 15) is 4.79 Å². The monoisotopic (exact) mass is 359 g/mol. The smallest absolute Gasteiger partial charge is 0.312 e. The number of likely N-dealkylation sites (tertiary alicyclic amines) is 1. The molecule has 0 amide bonds. The summed E-state index contributed by atoms with van der Waals surface area (Å²) in [5, 5.41) is 0. The zero-order valence-corrected chi connectivity index (χ0v) is 16.1. The number of benzene rings is 1. The van der Waals surface area contributed by atoms with E-state index in [4.69, 9.17) is 9.47 Å². The van der Waals surface area contributed by atoms with Crippen molar-refractivity contribution < 1.29 is 14.3 Å². The van der Waals surface area contributed by atoms with E-state index >= 15 is 0 Å². The van der Waals surface area contributed by atoms with Crippen molar-refractivity contribution in [3.8, 4) is 0 Å². The molecule has 0 bridgehead atoms. The van der Waals surface area contributed by atoms with Gasteiger partial charge in [-0.25, -0.2) is 0 Å². The lowest BCUT2D eigenvalue weighted by Crippen LogP contribution is -2.49. The first-order chi connectivity index (χ1) is 12.7. The molecular formula is C22H33NO3. The quantitative estimate of drug-likeness (QED) is 0.694. The highest BCUT2D eigenvalue weighted by molar-refractivity contribution is 5.77. The zero-order chi connectivity index (χ0) is 18.2. The second-order valence-corrected chi connectivity index (χ2v) is 7.72. The van der Waals surface area contributed by atoms with Crippen molar-refractivity contribution in [3.05, 3.63) is 35.9 Å². The summed E-state index contributed by atoms with van der Waals surface area (Å²) in [5.41, 5.74) is 1.07. The second kappa shape index (κ2) is 9.52. The minimum absolute atomic E-state index is 0.0275. The molecule has 0 aromatic heterocycles. The molecule has 0 unspecified atom stereocenters. The fraction of sp³-hybridized carbons (Fsp3) is 0.682. The zero-order valence-electron chi connectivity index (χ0n) is 16.1. The number of nitrogens with zero attached hydrogens (tertiary/aromatic N) is 1. The van der Waals surface area contributed by atoms with Crippen molar-refractivity contribution in [2.75, 3.05) is 32.9 Å². The van der Waals surface area contributed by atoms with Gasteiger partial charge in [0.05, 0.1) is 12.0 Å². The molecule has 0 aliphatic carbocycles. The first-order valence-electron chi connectivity index (χ1n) is 10.3. The molecule has 1 aromatic carbocycles. The number of piperidine rings is 1. The molecule has 0 radical (unpaired) electrons. The Hall–Kier alpha value is -1.39. The van der Waals surface area contributed by atoms with Gasteiger partial charge in [0.25, 0.3) is 0 Å². The Morgan fingerprint density at radius 1 is 1.19 bits per heavy atom. The number of rotatable bonds is 7. The van der Waals surface area contributed by atoms with Crippen LogP contribution in [-0.2, 0) is 20.7 Å². The molecule has 2 heterocycles. The molecule has 0 spiro atoms. The van der Waals surface area contributed by atoms with E-state index in [1.807, 2.05) is 6.92 Å². The van der Waals surface area contributed by atoms with E-state index < -0.39 is 0 Å². The number of aryl methyl sites for hydroxylation is 1. The van der Waals surface area contributed by atoms with Gasteiger partial charge in [-0.3, -0.25) is 4.79 Å². The third kappa shape index (κ3) is 4.86. The number of esters is 1. The highest BCUT2D eigenvalue weighted by Crippen LogP contribution is 2.39. The highest BCUT2D eigenvalue weighted by Gasteiger charge is 2.43. The Bertz CT molecular complexity index is 546. The summed E-state index contributed by atoms with van der Waals surface area (Å²) in [7, 11) is 0. The molecule has 1 aromatic rings. The average Bonchev–Trinajstić information content (AvgIpc) is 2.70. The van der Waals surface area contributed by atoms with Crippen molar-refractivity contribution in [2.24, 2.45) is 5.41 Å². The summed E-state index contributed by atoms with van der Waals surface area (Å²) < 4.78 is 11.0. The topological polar surface area (TPSA) is 38.8 Å². The number of carbonyl (C=O) groups excluding carboxylic acids is 1. The minimum atomic E-state index is -0.285. The summed E-state index contributed by atoms with van der Waals surface area (Å²) in [6.07, 6.45) is 7.12. The molecule has 4 nitrogen and oxygen atoms in total. The van der Waals surface area contributed by atoms with E-state index in [-0.39, 0.29) is 11.4 Å². The van der Waals surface area contributed by atoms with Gasteiger partial charge in [-0.05, 0) is 70.5 Å². The fourth-order valence-electron chi connectivity index (χ4n) is 4.48. The van der Waals surface area contributed by atoms with E-state index in [0.29, 0.717) is 12.6 Å². The van der Waals surface area contributed by atoms with Gasteiger partial charge in [0.15, 0.2) is 0 Å². The van der Waals surface area contributed by atoms with Gasteiger partial charge in [0.1, 0.15) is 0 Å². The van der Waals surface area contributed by atoms with Gasteiger partial charge in [-0.1, -0.05) is 30.3 Å². The molecule has 2 aliphatic heterocycles. The Morgan fingerprint density at radius 2 is 1.88 bits per heavy atom. The van der Waals surface area contributed by atoms with Gasteiger partial charge >= 0.3 is 5.97 Å². The third-order valence-electron chi connectivity index (χ3n) is 6.13. The summed E-state index contributed by atoms with van der Waals surface area (Å²) >= 11 is 0. The number of hydrogen-bond acceptors (Lipinski definition) is 4. The van der Waals surface area contributed by atoms with Crippen molar-refractivity contribution in [3.63, 3.8) is 0 Å². The molecule has 2 fully saturated rings. The van der Waals surface area contributed by atoms with Crippen LogP contribution in [0.2, 0.25) is 0 Å². The molecule has 0 atom stereocenters. The number of ether oxygens (including phenoxy) is 2. The van der Waals surface area contributed by atoms with Gasteiger partial charge in [0.2, 0.25) is 0 Å². The Morgan fingerprint density at radius 3 is 2.54 bits per heavy atom. The number of carbonyl (C=O) groups is 1. The van der Waals surface area contributed by atoms with Crippen molar-refractivity contribution in [1.29, 1.82) is 0 Å². The second-order valence-electron chi connectivity index (χ2n) is 7.72. The van der Waals surface area contributed by atoms with Crippen LogP contribution in [-0.4, -0.2) is 49.8 Å². The normalized spacial score (nSPS) is 21.4. The summed E-state index contributed by atoms with van der Waals surface area (Å²) in [6.45, 7) is 6.15. The molecule has 3 rings (SSSR count). The van der Waals surface area contributed by atoms with E-state index in [1.54, 1.807) is 0 Å². The van der Waals surface area contributed by atoms with Gasteiger partial charge < -0.3 is 14.4 Å². The van der Waals surface area contributed by atoms with Gasteiger partial charge in [-0.2, -0.15) is 0 Å². The van der Waals surface area contributed by atoms with Crippen molar-refractivity contribution >= 4 is 5.97 Å². The Labute approximate surface area is 157 Å². The molecule has 26 heavy (non-hydrogen) atoms. The van der Waals surface area contributed by atoms with Crippen molar-refractivity contribution in [2.45, 2.75) is 57.9 Å². The van der Waals surface area contributed by atoms with E-state index in [0.717, 1.165) is 71.2 Å². The molecule has 4 heteroatoms. The van der Waals surface area contributed by atoms with Crippen LogP contribution >= 0.6 is 0 Å². The maximum atomic E-state index is 12.8. The maximum absolute atomic E-state index is 12.8. The Balaban J connectivity index is 1.57. The van der Waals surface area contributed by atoms with Crippen LogP contribution in [0.15, 0.2) is 30.3 Å². The lowest BCUT2D eigenvalue weighted by atomic mass is 9.74. The lowest BCUT2D eigenvalue weighted by molar-refractivity contribution is -0.160. The largest absolute Gasteiger partial charge is 0.466 e. The van der Waals surface area contributed by atoms with Crippen LogP contribution in [0, 0.1) is 5.41 Å². The molecule has 2 aliphatic rings. The highest BCUT2D eigenvalue weighted by atomic mass is 16.5. The van der Waals surface area contributed by atoms with Crippen LogP contribution in [0.1, 0.15) is 51.0 Å². The Kier molecular flexibility index (Phi) is 7.09. The fourth-order valence-corrected chi connectivity index (χ4v) is 4.48. The van der Waals surface area contributed by atoms with Crippen LogP contribution in [0.5, 0.6) is 0 Å². The molecule has 0 saturated carbocycles. The minimum Gasteiger partial charge on any atom is -0.466 e. The van der Waals surface area contributed by atoms with E-state index in [1.165, 1.54) is 5.56 Å². The number of hydrogen-bond donors (Lipinski definition) is 0. The predicted octanol–water partition coefficient (Wildman–Crippen LogP) is 3.83. The molecule has 0 N–H and O–H groups in total. The molecular weight excluding hydrogens is 326 g/mol. The SMILES string of the molecule is CCOC(=O)C1(CCCc2ccccc2)CCN(C2CCOCC2)CC1. The average molecular weight is 360 g/mol. The summed E-state index contributed by atoms with van der Waals surface area (Å²) in [6, 6.07) is 11.2. The van der Waals surface area contributed by atoms with Crippen LogP contribution in [0.4, 0.5) is 0 Å². The standard InChI is InChI=1S/C22H33NO3/c1-2-26-21(24)22(12-6-9-19-7-4-3-5-8-19)13-15-23(16-14-22)20-10-17-25-18-11-20/h3-5,7-8,20H,2,6,9-18H2,1H3. The molecule has 144 valence electrons. The summed E-state index contributed by atoms with van der Waals surface area (Å²) in [4.78, 5) is 15.4. The van der Waals surface area contributed by atoms with Gasteiger partial charge in [-0.15, -0.1) is 0 Å². The third-order valence-corrected chi connectivity index (χ3v) is 6.13. The van der Waals surface area contributed by atoms with Crippen LogP contribution < -0.4 is 0 Å². The first-order valence-corrected chi connectivity index (χ1v) is 10.3. The van der Waals surface area contributed by atoms with Crippen LogP contribution in [0.3, 0.4) is 0 Å². The van der Waals surface area contributed by atoms with Crippen LogP contribution in [0.25, 0.3) is 0 Å². The predicted molar refractivity (Wildman–Crippen MR) is 103 cm³/mol. The van der Waals surface area contributed by atoms with Crippen molar-refractivity contribution in [1.82, 2.24) is 4.90 Å². The summed E-state index contributed by atoms with van der Waals surface area (Å²) in [5.74, 6) is 0.0275.